The van der Waals surface area contributed by atoms with E-state index in [1.807, 2.05) is 0 Å². The van der Waals surface area contributed by atoms with E-state index in [9.17, 15) is 13.6 Å². The van der Waals surface area contributed by atoms with Crippen LogP contribution in [-0.2, 0) is 4.79 Å². The van der Waals surface area contributed by atoms with Gasteiger partial charge in [-0.2, -0.15) is 4.39 Å². The fraction of sp³-hybridized carbons (Fsp3) is 0. The number of carbonyl (C=O) groups is 1. The summed E-state index contributed by atoms with van der Waals surface area (Å²) in [5.74, 6) is -5.39. The van der Waals surface area contributed by atoms with Gasteiger partial charge >= 0.3 is 5.97 Å². The van der Waals surface area contributed by atoms with E-state index < -0.39 is 17.6 Å². The highest BCUT2D eigenvalue weighted by Crippen LogP contribution is 2.23. The van der Waals surface area contributed by atoms with Crippen LogP contribution in [0, 0.1) is 0 Å². The maximum absolute atomic E-state index is 13.0. The molecule has 5 heteroatoms. The molecule has 0 fully saturated rings. The Morgan fingerprint density at radius 2 is 1.64 bits per heavy atom. The zero-order chi connectivity index (χ0) is 10.7. The Hall–Kier alpha value is -1.91. The summed E-state index contributed by atoms with van der Waals surface area (Å²) in [7, 11) is 0. The molecule has 0 aliphatic heterocycles. The summed E-state index contributed by atoms with van der Waals surface area (Å²) in [6.45, 7) is 0. The molecule has 0 heterocycles. The van der Waals surface area contributed by atoms with Crippen LogP contribution in [-0.4, -0.2) is 16.2 Å². The second-order valence-corrected chi connectivity index (χ2v) is 2.48. The van der Waals surface area contributed by atoms with Gasteiger partial charge in [0.2, 0.25) is 5.83 Å². The summed E-state index contributed by atoms with van der Waals surface area (Å²) in [5.41, 5.74) is -0.234. The fourth-order valence-corrected chi connectivity index (χ4v) is 0.828. The Balaban J connectivity index is 3.12. The van der Waals surface area contributed by atoms with Crippen LogP contribution in [0.2, 0.25) is 0 Å². The van der Waals surface area contributed by atoms with E-state index in [-0.39, 0.29) is 11.3 Å². The van der Waals surface area contributed by atoms with Crippen LogP contribution in [0.15, 0.2) is 30.1 Å². The van der Waals surface area contributed by atoms with Gasteiger partial charge in [0.15, 0.2) is 5.83 Å². The summed E-state index contributed by atoms with van der Waals surface area (Å²) >= 11 is 0. The normalized spacial score (nSPS) is 12.1. The second kappa shape index (κ2) is 3.87. The summed E-state index contributed by atoms with van der Waals surface area (Å²) < 4.78 is 25.5. The number of hydrogen-bond donors (Lipinski definition) is 2. The average Bonchev–Trinajstić information content (AvgIpc) is 2.16. The molecule has 1 rings (SSSR count). The van der Waals surface area contributed by atoms with Crippen LogP contribution in [0.25, 0.3) is 5.83 Å². The summed E-state index contributed by atoms with van der Waals surface area (Å²) in [4.78, 5) is 10.1. The van der Waals surface area contributed by atoms with E-state index in [2.05, 4.69) is 0 Å². The first-order valence-corrected chi connectivity index (χ1v) is 3.60. The molecule has 0 radical (unpaired) electrons. The van der Waals surface area contributed by atoms with Crippen molar-refractivity contribution in [2.45, 2.75) is 0 Å². The SMILES string of the molecule is O=C(O)/C(F)=C(/F)c1ccc(O)cc1. The lowest BCUT2D eigenvalue weighted by atomic mass is 10.2. The fourth-order valence-electron chi connectivity index (χ4n) is 0.828. The number of rotatable bonds is 2. The zero-order valence-corrected chi connectivity index (χ0v) is 6.87. The number of aliphatic carboxylic acids is 1. The monoisotopic (exact) mass is 200 g/mol. The minimum atomic E-state index is -1.96. The first kappa shape index (κ1) is 10.2. The van der Waals surface area contributed by atoms with Gasteiger partial charge in [0.25, 0.3) is 0 Å². The predicted molar refractivity (Wildman–Crippen MR) is 44.9 cm³/mol. The number of phenolic OH excluding ortho intramolecular Hbond substituents is 1. The third kappa shape index (κ3) is 2.07. The van der Waals surface area contributed by atoms with Crippen LogP contribution in [0.4, 0.5) is 8.78 Å². The number of benzene rings is 1. The van der Waals surface area contributed by atoms with Crippen LogP contribution in [0.5, 0.6) is 5.75 Å². The molecule has 0 aliphatic carbocycles. The molecule has 0 bridgehead atoms. The quantitative estimate of drug-likeness (QED) is 0.718. The minimum absolute atomic E-state index is 0.114. The number of carboxylic acids is 1. The summed E-state index contributed by atoms with van der Waals surface area (Å²) in [6.07, 6.45) is 0. The van der Waals surface area contributed by atoms with Gasteiger partial charge in [-0.25, -0.2) is 9.18 Å². The van der Waals surface area contributed by atoms with Gasteiger partial charge in [0.05, 0.1) is 0 Å². The molecule has 1 aromatic rings. The lowest BCUT2D eigenvalue weighted by Gasteiger charge is -1.98. The molecule has 2 N–H and O–H groups in total. The Kier molecular flexibility index (Phi) is 2.81. The molecule has 0 saturated carbocycles. The molecule has 0 atom stereocenters. The molecule has 0 unspecified atom stereocenters. The molecule has 0 amide bonds. The highest BCUT2D eigenvalue weighted by atomic mass is 19.2. The largest absolute Gasteiger partial charge is 0.508 e. The smallest absolute Gasteiger partial charge is 0.367 e. The summed E-state index contributed by atoms with van der Waals surface area (Å²) in [6, 6.07) is 4.41. The van der Waals surface area contributed by atoms with Crippen molar-refractivity contribution in [2.24, 2.45) is 0 Å². The molecule has 0 spiro atoms. The van der Waals surface area contributed by atoms with E-state index in [0.717, 1.165) is 24.3 Å². The number of aromatic hydroxyl groups is 1. The van der Waals surface area contributed by atoms with Crippen molar-refractivity contribution in [1.82, 2.24) is 0 Å². The van der Waals surface area contributed by atoms with Crippen LogP contribution >= 0.6 is 0 Å². The third-order valence-electron chi connectivity index (χ3n) is 1.50. The molecule has 74 valence electrons. The van der Waals surface area contributed by atoms with Gasteiger partial charge in [0.1, 0.15) is 5.75 Å². The van der Waals surface area contributed by atoms with Crippen LogP contribution in [0.3, 0.4) is 0 Å². The maximum atomic E-state index is 13.0. The maximum Gasteiger partial charge on any atom is 0.367 e. The van der Waals surface area contributed by atoms with Crippen molar-refractivity contribution in [3.05, 3.63) is 35.7 Å². The second-order valence-electron chi connectivity index (χ2n) is 2.48. The number of halogens is 2. The molecule has 3 nitrogen and oxygen atoms in total. The minimum Gasteiger partial charge on any atom is -0.508 e. The number of phenols is 1. The molecule has 0 aliphatic rings. The van der Waals surface area contributed by atoms with Crippen molar-refractivity contribution in [3.8, 4) is 5.75 Å². The first-order chi connectivity index (χ1) is 6.52. The Morgan fingerprint density at radius 3 is 2.07 bits per heavy atom. The van der Waals surface area contributed by atoms with E-state index in [1.54, 1.807) is 0 Å². The standard InChI is InChI=1S/C9H6F2O3/c10-7(8(11)9(13)14)5-1-3-6(12)4-2-5/h1-4,12H,(H,13,14)/b8-7-. The van der Waals surface area contributed by atoms with Gasteiger partial charge in [-0.05, 0) is 24.3 Å². The van der Waals surface area contributed by atoms with E-state index >= 15 is 0 Å². The van der Waals surface area contributed by atoms with E-state index in [4.69, 9.17) is 10.2 Å². The topological polar surface area (TPSA) is 57.5 Å². The summed E-state index contributed by atoms with van der Waals surface area (Å²) in [5, 5.41) is 17.0. The highest BCUT2D eigenvalue weighted by Gasteiger charge is 2.15. The molecular weight excluding hydrogens is 194 g/mol. The van der Waals surface area contributed by atoms with Gasteiger partial charge in [-0.15, -0.1) is 0 Å². The Bertz CT molecular complexity index is 382. The van der Waals surface area contributed by atoms with Crippen molar-refractivity contribution in [2.75, 3.05) is 0 Å². The van der Waals surface area contributed by atoms with Crippen LogP contribution < -0.4 is 0 Å². The highest BCUT2D eigenvalue weighted by molar-refractivity contribution is 5.92. The van der Waals surface area contributed by atoms with Gasteiger partial charge < -0.3 is 10.2 Å². The van der Waals surface area contributed by atoms with E-state index in [1.165, 1.54) is 0 Å². The zero-order valence-electron chi connectivity index (χ0n) is 6.87. The van der Waals surface area contributed by atoms with Crippen molar-refractivity contribution in [1.29, 1.82) is 0 Å². The number of carboxylic acid groups (broad SMARTS) is 1. The predicted octanol–water partition coefficient (Wildman–Crippen LogP) is 2.08. The molecule has 0 saturated heterocycles. The average molecular weight is 200 g/mol. The Labute approximate surface area is 77.9 Å². The van der Waals surface area contributed by atoms with Crippen molar-refractivity contribution < 1.29 is 23.8 Å². The third-order valence-corrected chi connectivity index (χ3v) is 1.50. The van der Waals surface area contributed by atoms with Gasteiger partial charge in [0, 0.05) is 5.56 Å². The molecule has 0 aromatic heterocycles. The molecule has 14 heavy (non-hydrogen) atoms. The van der Waals surface area contributed by atoms with E-state index in [0.29, 0.717) is 0 Å². The van der Waals surface area contributed by atoms with Gasteiger partial charge in [-0.1, -0.05) is 0 Å². The van der Waals surface area contributed by atoms with Gasteiger partial charge in [-0.3, -0.25) is 0 Å². The Morgan fingerprint density at radius 1 is 1.14 bits per heavy atom. The van der Waals surface area contributed by atoms with Crippen molar-refractivity contribution in [3.63, 3.8) is 0 Å². The lowest BCUT2D eigenvalue weighted by molar-refractivity contribution is -0.134. The molecule has 1 aromatic carbocycles. The molecular formula is C9H6F2O3. The lowest BCUT2D eigenvalue weighted by Crippen LogP contribution is -1.97. The first-order valence-electron chi connectivity index (χ1n) is 3.60. The number of hydrogen-bond acceptors (Lipinski definition) is 2. The van der Waals surface area contributed by atoms with Crippen LogP contribution in [0.1, 0.15) is 5.56 Å². The van der Waals surface area contributed by atoms with Crippen molar-refractivity contribution >= 4 is 11.8 Å².